The highest BCUT2D eigenvalue weighted by Crippen LogP contribution is 2.22. The fraction of sp³-hybridized carbons (Fsp3) is 0.471. The van der Waals surface area contributed by atoms with Crippen LogP contribution in [0.5, 0.6) is 0 Å². The summed E-state index contributed by atoms with van der Waals surface area (Å²) in [5, 5.41) is 2.67. The van der Waals surface area contributed by atoms with Crippen LogP contribution >= 0.6 is 23.5 Å². The molecule has 13 heteroatoms. The van der Waals surface area contributed by atoms with Crippen LogP contribution in [0.1, 0.15) is 74.7 Å². The monoisotopic (exact) mass is 689 g/mol. The fourth-order valence-electron chi connectivity index (χ4n) is 4.06. The first-order chi connectivity index (χ1) is 21.6. The normalized spacial score (nSPS) is 11.7. The van der Waals surface area contributed by atoms with Crippen molar-refractivity contribution in [3.8, 4) is 0 Å². The van der Waals surface area contributed by atoms with Crippen molar-refractivity contribution >= 4 is 57.7 Å². The van der Waals surface area contributed by atoms with Crippen LogP contribution in [0.4, 0.5) is 14.4 Å². The molecule has 1 heterocycles. The highest BCUT2D eigenvalue weighted by molar-refractivity contribution is 8.13. The standard InChI is InChI=1S/C17H25N3O3S.C15H18N2O3S.2CH4/c1-4-24-17(22)20(3)12-8-11-18-14(2)19-16(21)23-13-15-9-6-5-7-10-15;1-3-21-15(20)16(2)9-6-10-17-13(18)11-7-4-5-8-12(11)14(17)19;;/h5-7,9-10H,4,8,11-13H2,1-3H3,(H,18,19,21);4-5,7-8H,3,6,9-10H2,1-2H3;2*1H4. The van der Waals surface area contributed by atoms with Crippen molar-refractivity contribution in [3.05, 3.63) is 71.3 Å². The second-order valence-corrected chi connectivity index (χ2v) is 12.3. The second kappa shape index (κ2) is 23.5. The fourth-order valence-corrected chi connectivity index (χ4v) is 5.18. The van der Waals surface area contributed by atoms with E-state index in [-0.39, 0.29) is 43.8 Å². The molecule has 0 aromatic heterocycles. The van der Waals surface area contributed by atoms with Crippen LogP contribution < -0.4 is 5.32 Å². The number of rotatable bonds is 12. The molecule has 47 heavy (non-hydrogen) atoms. The Hall–Kier alpha value is -3.84. The lowest BCUT2D eigenvalue weighted by atomic mass is 10.1. The van der Waals surface area contributed by atoms with Gasteiger partial charge in [-0.2, -0.15) is 0 Å². The van der Waals surface area contributed by atoms with Crippen molar-refractivity contribution in [1.29, 1.82) is 0 Å². The summed E-state index contributed by atoms with van der Waals surface area (Å²) < 4.78 is 5.12. The minimum Gasteiger partial charge on any atom is -0.444 e. The number of amidine groups is 1. The number of carbonyl (C=O) groups excluding carboxylic acids is 5. The van der Waals surface area contributed by atoms with Crippen molar-refractivity contribution in [2.75, 3.05) is 51.8 Å². The summed E-state index contributed by atoms with van der Waals surface area (Å²) in [7, 11) is 3.51. The van der Waals surface area contributed by atoms with Crippen molar-refractivity contribution < 1.29 is 28.7 Å². The third kappa shape index (κ3) is 15.1. The van der Waals surface area contributed by atoms with E-state index in [1.165, 1.54) is 28.4 Å². The zero-order valence-corrected chi connectivity index (χ0v) is 28.2. The number of hydrogen-bond acceptors (Lipinski definition) is 9. The van der Waals surface area contributed by atoms with Crippen LogP contribution in [0.2, 0.25) is 0 Å². The van der Waals surface area contributed by atoms with Crippen LogP contribution in [0.15, 0.2) is 59.6 Å². The molecule has 0 atom stereocenters. The SMILES string of the molecule is C.C.CCSC(=O)N(C)CCCN1C(=O)c2ccccc2C1=O.CCSC(=O)N(C)CCCN=C(C)NC(=O)OCc1ccccc1. The van der Waals surface area contributed by atoms with E-state index in [2.05, 4.69) is 10.3 Å². The summed E-state index contributed by atoms with van der Waals surface area (Å²) in [4.78, 5) is 68.0. The quantitative estimate of drug-likeness (QED) is 0.107. The topological polar surface area (TPSA) is 129 Å². The van der Waals surface area contributed by atoms with Gasteiger partial charge in [-0.3, -0.25) is 34.4 Å². The Bertz CT molecular complexity index is 1290. The summed E-state index contributed by atoms with van der Waals surface area (Å²) >= 11 is 2.55. The van der Waals surface area contributed by atoms with Crippen LogP contribution in [0.3, 0.4) is 0 Å². The number of alkyl carbamates (subject to hydrolysis) is 1. The molecule has 1 aliphatic rings. The van der Waals surface area contributed by atoms with Crippen LogP contribution in [-0.2, 0) is 11.3 Å². The molecular weight excluding hydrogens is 639 g/mol. The molecule has 11 nitrogen and oxygen atoms in total. The van der Waals surface area contributed by atoms with E-state index >= 15 is 0 Å². The molecule has 0 spiro atoms. The Morgan fingerprint density at radius 1 is 0.809 bits per heavy atom. The van der Waals surface area contributed by atoms with E-state index in [1.54, 1.807) is 55.1 Å². The largest absolute Gasteiger partial charge is 0.444 e. The molecule has 0 fully saturated rings. The third-order valence-corrected chi connectivity index (χ3v) is 8.10. The molecule has 0 radical (unpaired) electrons. The predicted octanol–water partition coefficient (Wildman–Crippen LogP) is 7.28. The first-order valence-electron chi connectivity index (χ1n) is 14.8. The van der Waals surface area contributed by atoms with Gasteiger partial charge in [0.25, 0.3) is 22.3 Å². The molecule has 1 N–H and O–H groups in total. The molecule has 0 saturated carbocycles. The van der Waals surface area contributed by atoms with Crippen molar-refractivity contribution in [1.82, 2.24) is 20.0 Å². The van der Waals surface area contributed by atoms with Gasteiger partial charge in [0.1, 0.15) is 12.4 Å². The summed E-state index contributed by atoms with van der Waals surface area (Å²) in [5.41, 5.74) is 1.86. The predicted molar refractivity (Wildman–Crippen MR) is 195 cm³/mol. The molecular formula is C34H51N5O6S2. The molecule has 3 rings (SSSR count). The number of carbonyl (C=O) groups is 5. The summed E-state index contributed by atoms with van der Waals surface area (Å²) in [6.07, 6.45) is 0.800. The number of aliphatic imine (C=N–C) groups is 1. The zero-order chi connectivity index (χ0) is 33.2. The maximum absolute atomic E-state index is 12.1. The van der Waals surface area contributed by atoms with Gasteiger partial charge in [-0.25, -0.2) is 4.79 Å². The average Bonchev–Trinajstić information content (AvgIpc) is 3.27. The lowest BCUT2D eigenvalue weighted by Gasteiger charge is -2.18. The van der Waals surface area contributed by atoms with Gasteiger partial charge in [0.15, 0.2) is 0 Å². The molecule has 2 aromatic rings. The van der Waals surface area contributed by atoms with Crippen molar-refractivity contribution in [3.63, 3.8) is 0 Å². The number of amides is 5. The van der Waals surface area contributed by atoms with Gasteiger partial charge in [-0.1, -0.05) is 94.7 Å². The van der Waals surface area contributed by atoms with Crippen molar-refractivity contribution in [2.45, 2.75) is 55.1 Å². The molecule has 1 aliphatic heterocycles. The van der Waals surface area contributed by atoms with Gasteiger partial charge >= 0.3 is 6.09 Å². The molecule has 5 amide bonds. The molecule has 0 saturated heterocycles. The highest BCUT2D eigenvalue weighted by atomic mass is 32.2. The molecule has 0 unspecified atom stereocenters. The Labute approximate surface area is 288 Å². The number of nitrogens with one attached hydrogen (secondary N) is 1. The lowest BCUT2D eigenvalue weighted by molar-refractivity contribution is 0.0650. The van der Waals surface area contributed by atoms with Gasteiger partial charge in [0.05, 0.1) is 11.1 Å². The Morgan fingerprint density at radius 3 is 1.81 bits per heavy atom. The minimum absolute atomic E-state index is 0. The van der Waals surface area contributed by atoms with Crippen LogP contribution in [0, 0.1) is 0 Å². The maximum atomic E-state index is 12.1. The van der Waals surface area contributed by atoms with Gasteiger partial charge < -0.3 is 14.5 Å². The smallest absolute Gasteiger partial charge is 0.412 e. The van der Waals surface area contributed by atoms with Gasteiger partial charge in [-0.15, -0.1) is 0 Å². The molecule has 0 aliphatic carbocycles. The van der Waals surface area contributed by atoms with E-state index in [1.807, 2.05) is 44.2 Å². The number of hydrogen-bond donors (Lipinski definition) is 1. The molecule has 0 bridgehead atoms. The summed E-state index contributed by atoms with van der Waals surface area (Å²) in [6, 6.07) is 16.3. The number of fused-ring (bicyclic) bond motifs is 1. The zero-order valence-electron chi connectivity index (χ0n) is 26.6. The number of thioether (sulfide) groups is 2. The van der Waals surface area contributed by atoms with Gasteiger partial charge in [-0.05, 0) is 49.0 Å². The van der Waals surface area contributed by atoms with Crippen LogP contribution in [-0.4, -0.2) is 101 Å². The number of imide groups is 1. The minimum atomic E-state index is -0.522. The van der Waals surface area contributed by atoms with Crippen molar-refractivity contribution in [2.24, 2.45) is 4.99 Å². The van der Waals surface area contributed by atoms with Crippen LogP contribution in [0.25, 0.3) is 0 Å². The molecule has 260 valence electrons. The summed E-state index contributed by atoms with van der Waals surface area (Å²) in [6.45, 7) is 7.86. The first-order valence-corrected chi connectivity index (χ1v) is 16.8. The molecule has 2 aromatic carbocycles. The Kier molecular flexibility index (Phi) is 21.6. The lowest BCUT2D eigenvalue weighted by Crippen LogP contribution is -2.33. The highest BCUT2D eigenvalue weighted by Gasteiger charge is 2.34. The van der Waals surface area contributed by atoms with E-state index in [9.17, 15) is 24.0 Å². The Balaban J connectivity index is 0.000000869. The van der Waals surface area contributed by atoms with Gasteiger partial charge in [0.2, 0.25) is 0 Å². The number of benzene rings is 2. The number of ether oxygens (including phenoxy) is 1. The Morgan fingerprint density at radius 2 is 1.30 bits per heavy atom. The van der Waals surface area contributed by atoms with E-state index in [4.69, 9.17) is 4.74 Å². The van der Waals surface area contributed by atoms with Gasteiger partial charge in [0, 0.05) is 40.3 Å². The first kappa shape index (κ1) is 43.2. The van der Waals surface area contributed by atoms with E-state index in [0.29, 0.717) is 49.6 Å². The second-order valence-electron chi connectivity index (χ2n) is 9.91. The average molecular weight is 690 g/mol. The number of nitrogens with zero attached hydrogens (tertiary/aromatic N) is 4. The van der Waals surface area contributed by atoms with E-state index < -0.39 is 6.09 Å². The summed E-state index contributed by atoms with van der Waals surface area (Å²) in [5.74, 6) is 1.53. The maximum Gasteiger partial charge on any atom is 0.412 e. The third-order valence-electron chi connectivity index (χ3n) is 6.41. The van der Waals surface area contributed by atoms with E-state index in [0.717, 1.165) is 23.5 Å².